The maximum absolute atomic E-state index is 5.93. The molecule has 1 aromatic heterocycles. The number of nitrogens with zero attached hydrogens (tertiary/aromatic N) is 2. The zero-order valence-corrected chi connectivity index (χ0v) is 11.0. The van der Waals surface area contributed by atoms with Gasteiger partial charge in [0.15, 0.2) is 0 Å². The van der Waals surface area contributed by atoms with Crippen molar-refractivity contribution in [1.82, 2.24) is 9.88 Å². The Labute approximate surface area is 104 Å². The summed E-state index contributed by atoms with van der Waals surface area (Å²) in [6.07, 6.45) is 5.07. The van der Waals surface area contributed by atoms with Crippen LogP contribution in [0.15, 0.2) is 18.2 Å². The molecule has 0 atom stereocenters. The highest BCUT2D eigenvalue weighted by Crippen LogP contribution is 2.24. The zero-order valence-electron chi connectivity index (χ0n) is 11.0. The lowest BCUT2D eigenvalue weighted by Crippen LogP contribution is -2.35. The standard InChI is InChI=1S/C14H22N2O/c1-11-5-4-6-14(15-11)17-13-9-7-12(8-10-13)16(2)3/h4-6,12-13H,7-10H2,1-3H3. The molecule has 1 fully saturated rings. The maximum atomic E-state index is 5.93. The van der Waals surface area contributed by atoms with E-state index in [1.165, 1.54) is 12.8 Å². The number of ether oxygens (including phenoxy) is 1. The van der Waals surface area contributed by atoms with Crippen LogP contribution in [0.2, 0.25) is 0 Å². The van der Waals surface area contributed by atoms with Crippen molar-refractivity contribution < 1.29 is 4.74 Å². The number of pyridine rings is 1. The van der Waals surface area contributed by atoms with E-state index < -0.39 is 0 Å². The lowest BCUT2D eigenvalue weighted by atomic mass is 9.92. The molecular weight excluding hydrogens is 212 g/mol. The SMILES string of the molecule is Cc1cccc(OC2CCC(N(C)C)CC2)n1. The summed E-state index contributed by atoms with van der Waals surface area (Å²) in [7, 11) is 4.32. The number of aryl methyl sites for hydroxylation is 1. The lowest BCUT2D eigenvalue weighted by Gasteiger charge is -2.32. The molecule has 1 aliphatic rings. The second-order valence-electron chi connectivity index (χ2n) is 5.13. The van der Waals surface area contributed by atoms with Crippen molar-refractivity contribution in [1.29, 1.82) is 0 Å². The Morgan fingerprint density at radius 1 is 1.18 bits per heavy atom. The van der Waals surface area contributed by atoms with Crippen LogP contribution in [0.25, 0.3) is 0 Å². The van der Waals surface area contributed by atoms with Crippen LogP contribution in [0.3, 0.4) is 0 Å². The third-order valence-electron chi connectivity index (χ3n) is 3.52. The monoisotopic (exact) mass is 234 g/mol. The Morgan fingerprint density at radius 3 is 2.47 bits per heavy atom. The van der Waals surface area contributed by atoms with Crippen LogP contribution in [0.5, 0.6) is 5.88 Å². The molecule has 0 amide bonds. The van der Waals surface area contributed by atoms with E-state index in [2.05, 4.69) is 24.0 Å². The Bertz CT molecular complexity index is 357. The summed E-state index contributed by atoms with van der Waals surface area (Å²) in [6.45, 7) is 2.00. The summed E-state index contributed by atoms with van der Waals surface area (Å²) in [5.41, 5.74) is 1.02. The molecule has 2 rings (SSSR count). The molecule has 0 radical (unpaired) electrons. The Balaban J connectivity index is 1.86. The van der Waals surface area contributed by atoms with Crippen molar-refractivity contribution >= 4 is 0 Å². The molecule has 1 aromatic rings. The normalized spacial score (nSPS) is 24.9. The van der Waals surface area contributed by atoms with E-state index in [0.29, 0.717) is 6.10 Å². The minimum Gasteiger partial charge on any atom is -0.474 e. The molecule has 1 saturated carbocycles. The molecule has 1 aliphatic carbocycles. The van der Waals surface area contributed by atoms with Gasteiger partial charge < -0.3 is 9.64 Å². The third kappa shape index (κ3) is 3.43. The molecule has 0 saturated heterocycles. The fraction of sp³-hybridized carbons (Fsp3) is 0.643. The van der Waals surface area contributed by atoms with Crippen LogP contribution in [-0.4, -0.2) is 36.1 Å². The van der Waals surface area contributed by atoms with Crippen LogP contribution in [-0.2, 0) is 0 Å². The predicted octanol–water partition coefficient (Wildman–Crippen LogP) is 2.64. The van der Waals surface area contributed by atoms with Gasteiger partial charge in [0.2, 0.25) is 5.88 Å². The van der Waals surface area contributed by atoms with E-state index in [4.69, 9.17) is 4.74 Å². The Hall–Kier alpha value is -1.09. The minimum absolute atomic E-state index is 0.348. The van der Waals surface area contributed by atoms with Gasteiger partial charge in [0.25, 0.3) is 0 Å². The van der Waals surface area contributed by atoms with Crippen LogP contribution >= 0.6 is 0 Å². The summed E-state index contributed by atoms with van der Waals surface area (Å²) in [4.78, 5) is 6.71. The molecule has 0 bridgehead atoms. The highest BCUT2D eigenvalue weighted by molar-refractivity contribution is 5.15. The highest BCUT2D eigenvalue weighted by Gasteiger charge is 2.23. The minimum atomic E-state index is 0.348. The Morgan fingerprint density at radius 2 is 1.88 bits per heavy atom. The van der Waals surface area contributed by atoms with E-state index in [9.17, 15) is 0 Å². The molecule has 0 aromatic carbocycles. The fourth-order valence-corrected chi connectivity index (χ4v) is 2.43. The van der Waals surface area contributed by atoms with Crippen LogP contribution in [0.4, 0.5) is 0 Å². The molecule has 0 spiro atoms. The van der Waals surface area contributed by atoms with Crippen LogP contribution in [0, 0.1) is 6.92 Å². The van der Waals surface area contributed by atoms with Crippen LogP contribution in [0.1, 0.15) is 31.4 Å². The summed E-state index contributed by atoms with van der Waals surface area (Å²) in [5.74, 6) is 0.776. The smallest absolute Gasteiger partial charge is 0.213 e. The van der Waals surface area contributed by atoms with Crippen LogP contribution < -0.4 is 4.74 Å². The molecule has 0 aliphatic heterocycles. The quantitative estimate of drug-likeness (QED) is 0.804. The summed E-state index contributed by atoms with van der Waals surface area (Å²) in [6, 6.07) is 6.67. The highest BCUT2D eigenvalue weighted by atomic mass is 16.5. The maximum Gasteiger partial charge on any atom is 0.213 e. The van der Waals surface area contributed by atoms with E-state index in [1.807, 2.05) is 25.1 Å². The molecule has 0 N–H and O–H groups in total. The summed E-state index contributed by atoms with van der Waals surface area (Å²) < 4.78 is 5.93. The van der Waals surface area contributed by atoms with Crippen molar-refractivity contribution in [2.45, 2.75) is 44.8 Å². The molecule has 1 heterocycles. The molecule has 17 heavy (non-hydrogen) atoms. The first-order valence-electron chi connectivity index (χ1n) is 6.42. The zero-order chi connectivity index (χ0) is 12.3. The van der Waals surface area contributed by atoms with Crippen molar-refractivity contribution in [3.63, 3.8) is 0 Å². The first-order valence-corrected chi connectivity index (χ1v) is 6.42. The Kier molecular flexibility index (Phi) is 4.00. The first-order chi connectivity index (χ1) is 8.15. The average Bonchev–Trinajstić information content (AvgIpc) is 2.29. The summed E-state index contributed by atoms with van der Waals surface area (Å²) >= 11 is 0. The van der Waals surface area contributed by atoms with Gasteiger partial charge in [0.1, 0.15) is 6.10 Å². The van der Waals surface area contributed by atoms with Crippen molar-refractivity contribution in [3.05, 3.63) is 23.9 Å². The molecule has 0 unspecified atom stereocenters. The van der Waals surface area contributed by atoms with Gasteiger partial charge in [0, 0.05) is 17.8 Å². The molecule has 3 heteroatoms. The van der Waals surface area contributed by atoms with Gasteiger partial charge in [-0.05, 0) is 52.8 Å². The van der Waals surface area contributed by atoms with Crippen molar-refractivity contribution in [3.8, 4) is 5.88 Å². The van der Waals surface area contributed by atoms with Gasteiger partial charge in [-0.15, -0.1) is 0 Å². The molecular formula is C14H22N2O. The number of aromatic nitrogens is 1. The second kappa shape index (κ2) is 5.50. The van der Waals surface area contributed by atoms with Gasteiger partial charge in [-0.3, -0.25) is 0 Å². The first kappa shape index (κ1) is 12.4. The number of hydrogen-bond acceptors (Lipinski definition) is 3. The van der Waals surface area contributed by atoms with Gasteiger partial charge in [-0.25, -0.2) is 4.98 Å². The van der Waals surface area contributed by atoms with E-state index >= 15 is 0 Å². The van der Waals surface area contributed by atoms with Gasteiger partial charge in [-0.1, -0.05) is 6.07 Å². The van der Waals surface area contributed by atoms with Gasteiger partial charge in [0.05, 0.1) is 0 Å². The van der Waals surface area contributed by atoms with Gasteiger partial charge >= 0.3 is 0 Å². The van der Waals surface area contributed by atoms with E-state index in [-0.39, 0.29) is 0 Å². The summed E-state index contributed by atoms with van der Waals surface area (Å²) in [5, 5.41) is 0. The van der Waals surface area contributed by atoms with E-state index in [1.54, 1.807) is 0 Å². The van der Waals surface area contributed by atoms with Gasteiger partial charge in [-0.2, -0.15) is 0 Å². The lowest BCUT2D eigenvalue weighted by molar-refractivity contribution is 0.107. The van der Waals surface area contributed by atoms with E-state index in [0.717, 1.165) is 30.5 Å². The average molecular weight is 234 g/mol. The molecule has 3 nitrogen and oxygen atoms in total. The number of hydrogen-bond donors (Lipinski definition) is 0. The fourth-order valence-electron chi connectivity index (χ4n) is 2.43. The number of rotatable bonds is 3. The molecule has 94 valence electrons. The third-order valence-corrected chi connectivity index (χ3v) is 3.52. The largest absolute Gasteiger partial charge is 0.474 e. The van der Waals surface area contributed by atoms with Crippen molar-refractivity contribution in [2.24, 2.45) is 0 Å². The second-order valence-corrected chi connectivity index (χ2v) is 5.13. The topological polar surface area (TPSA) is 25.4 Å². The van der Waals surface area contributed by atoms with Crippen molar-refractivity contribution in [2.75, 3.05) is 14.1 Å². The predicted molar refractivity (Wildman–Crippen MR) is 69.3 cm³/mol.